The summed E-state index contributed by atoms with van der Waals surface area (Å²) in [6.45, 7) is 1.20. The summed E-state index contributed by atoms with van der Waals surface area (Å²) >= 11 is 0. The molecule has 1 fully saturated rings. The Hall–Kier alpha value is -2.50. The summed E-state index contributed by atoms with van der Waals surface area (Å²) < 4.78 is 43.9. The molecule has 4 rings (SSSR count). The molecule has 1 amide bonds. The molecule has 2 aromatic rings. The average molecular weight is 347 g/mol. The second kappa shape index (κ2) is 5.79. The van der Waals surface area contributed by atoms with Gasteiger partial charge in [-0.1, -0.05) is 18.2 Å². The van der Waals surface area contributed by atoms with Gasteiger partial charge in [0.15, 0.2) is 0 Å². The number of carbonyl (C=O) groups excluding carboxylic acids is 1. The molecule has 25 heavy (non-hydrogen) atoms. The molecule has 1 atom stereocenters. The number of nitrogens with zero attached hydrogens (tertiary/aromatic N) is 1. The van der Waals surface area contributed by atoms with Crippen molar-refractivity contribution in [1.29, 1.82) is 0 Å². The molecule has 3 nitrogen and oxygen atoms in total. The first kappa shape index (κ1) is 16.0. The molecule has 0 spiro atoms. The van der Waals surface area contributed by atoms with Crippen molar-refractivity contribution in [3.8, 4) is 16.9 Å². The van der Waals surface area contributed by atoms with Gasteiger partial charge in [-0.05, 0) is 48.2 Å². The number of halogens is 3. The molecule has 6 heteroatoms. The summed E-state index contributed by atoms with van der Waals surface area (Å²) in [5.74, 6) is 0.471. The molecule has 0 aromatic heterocycles. The van der Waals surface area contributed by atoms with E-state index in [9.17, 15) is 18.0 Å². The number of fused-ring (bicyclic) bond motifs is 2. The molecular weight excluding hydrogens is 331 g/mol. The zero-order chi connectivity index (χ0) is 17.6. The predicted octanol–water partition coefficient (Wildman–Crippen LogP) is 4.37. The first-order valence-corrected chi connectivity index (χ1v) is 8.19. The molecule has 2 heterocycles. The van der Waals surface area contributed by atoms with Gasteiger partial charge in [0.25, 0.3) is 5.91 Å². The van der Waals surface area contributed by atoms with E-state index in [2.05, 4.69) is 0 Å². The number of carbonyl (C=O) groups is 1. The Bertz CT molecular complexity index is 814. The molecule has 0 N–H and O–H groups in total. The van der Waals surface area contributed by atoms with E-state index >= 15 is 0 Å². The molecule has 2 aromatic carbocycles. The van der Waals surface area contributed by atoms with Crippen LogP contribution in [0.2, 0.25) is 0 Å². The van der Waals surface area contributed by atoms with Crippen LogP contribution in [0.15, 0.2) is 42.5 Å². The Labute approximate surface area is 143 Å². The Kier molecular flexibility index (Phi) is 3.71. The number of rotatable bonds is 1. The van der Waals surface area contributed by atoms with Gasteiger partial charge in [-0.3, -0.25) is 4.79 Å². The minimum absolute atomic E-state index is 0.0660. The molecule has 130 valence electrons. The molecular formula is C19H16F3NO2. The van der Waals surface area contributed by atoms with E-state index in [1.54, 1.807) is 18.2 Å². The summed E-state index contributed by atoms with van der Waals surface area (Å²) in [7, 11) is 0. The van der Waals surface area contributed by atoms with Crippen molar-refractivity contribution in [3.05, 3.63) is 53.6 Å². The van der Waals surface area contributed by atoms with Crippen molar-refractivity contribution in [3.63, 3.8) is 0 Å². The van der Waals surface area contributed by atoms with E-state index in [0.29, 0.717) is 29.0 Å². The van der Waals surface area contributed by atoms with Gasteiger partial charge in [-0.2, -0.15) is 13.2 Å². The maximum atomic E-state index is 12.8. The van der Waals surface area contributed by atoms with Gasteiger partial charge < -0.3 is 9.64 Å². The quantitative estimate of drug-likeness (QED) is 0.767. The number of hydrogen-bond donors (Lipinski definition) is 0. The Morgan fingerprint density at radius 3 is 2.48 bits per heavy atom. The van der Waals surface area contributed by atoms with Crippen molar-refractivity contribution >= 4 is 5.91 Å². The highest BCUT2D eigenvalue weighted by atomic mass is 19.4. The van der Waals surface area contributed by atoms with Crippen LogP contribution in [-0.4, -0.2) is 30.0 Å². The van der Waals surface area contributed by atoms with Crippen LogP contribution in [0, 0.1) is 0 Å². The molecule has 0 aliphatic carbocycles. The van der Waals surface area contributed by atoms with Gasteiger partial charge in [0.1, 0.15) is 12.4 Å². The molecule has 0 bridgehead atoms. The normalized spacial score (nSPS) is 19.9. The minimum Gasteiger partial charge on any atom is -0.491 e. The predicted molar refractivity (Wildman–Crippen MR) is 86.4 cm³/mol. The summed E-state index contributed by atoms with van der Waals surface area (Å²) in [5.41, 5.74) is 1.11. The van der Waals surface area contributed by atoms with Crippen molar-refractivity contribution in [2.45, 2.75) is 25.1 Å². The number of hydrogen-bond acceptors (Lipinski definition) is 2. The Morgan fingerprint density at radius 1 is 1.04 bits per heavy atom. The Morgan fingerprint density at radius 2 is 1.76 bits per heavy atom. The van der Waals surface area contributed by atoms with Gasteiger partial charge >= 0.3 is 6.18 Å². The molecule has 0 radical (unpaired) electrons. The van der Waals surface area contributed by atoms with Gasteiger partial charge in [0.2, 0.25) is 0 Å². The van der Waals surface area contributed by atoms with E-state index in [4.69, 9.17) is 4.74 Å². The van der Waals surface area contributed by atoms with E-state index in [0.717, 1.165) is 31.5 Å². The maximum absolute atomic E-state index is 12.8. The molecule has 0 saturated carbocycles. The third-order valence-corrected chi connectivity index (χ3v) is 4.82. The van der Waals surface area contributed by atoms with E-state index in [-0.39, 0.29) is 11.9 Å². The van der Waals surface area contributed by atoms with Gasteiger partial charge in [-0.15, -0.1) is 0 Å². The topological polar surface area (TPSA) is 29.5 Å². The van der Waals surface area contributed by atoms with Crippen LogP contribution in [0.1, 0.15) is 28.8 Å². The van der Waals surface area contributed by atoms with Gasteiger partial charge in [0.05, 0.1) is 17.2 Å². The average Bonchev–Trinajstić information content (AvgIpc) is 3.02. The lowest BCUT2D eigenvalue weighted by molar-refractivity contribution is -0.137. The maximum Gasteiger partial charge on any atom is 0.416 e. The summed E-state index contributed by atoms with van der Waals surface area (Å²) in [4.78, 5) is 14.6. The summed E-state index contributed by atoms with van der Waals surface area (Å²) in [6.07, 6.45) is -2.46. The smallest absolute Gasteiger partial charge is 0.416 e. The zero-order valence-electron chi connectivity index (χ0n) is 13.3. The fourth-order valence-electron chi connectivity index (χ4n) is 3.47. The van der Waals surface area contributed by atoms with E-state index in [1.165, 1.54) is 12.1 Å². The standard InChI is InChI=1S/C19H16F3NO2/c20-19(21,22)14-6-3-12(4-7-14)13-5-8-17-16(10-13)18(24)23-9-1-2-15(23)11-25-17/h3-8,10,15H,1-2,9,11H2/t15-/m1/s1. The van der Waals surface area contributed by atoms with Crippen LogP contribution in [0.4, 0.5) is 13.2 Å². The van der Waals surface area contributed by atoms with Crippen molar-refractivity contribution in [1.82, 2.24) is 4.90 Å². The number of benzene rings is 2. The molecule has 1 saturated heterocycles. The van der Waals surface area contributed by atoms with Crippen molar-refractivity contribution < 1.29 is 22.7 Å². The highest BCUT2D eigenvalue weighted by molar-refractivity contribution is 5.99. The van der Waals surface area contributed by atoms with Crippen LogP contribution in [0.3, 0.4) is 0 Å². The molecule has 0 unspecified atom stereocenters. The number of amides is 1. The lowest BCUT2D eigenvalue weighted by atomic mass is 10.0. The van der Waals surface area contributed by atoms with E-state index < -0.39 is 11.7 Å². The Balaban J connectivity index is 1.69. The monoisotopic (exact) mass is 347 g/mol. The van der Waals surface area contributed by atoms with Crippen LogP contribution >= 0.6 is 0 Å². The zero-order valence-corrected chi connectivity index (χ0v) is 13.3. The number of ether oxygens (including phenoxy) is 1. The second-order valence-corrected chi connectivity index (χ2v) is 6.39. The fraction of sp³-hybridized carbons (Fsp3) is 0.316. The van der Waals surface area contributed by atoms with Crippen LogP contribution in [-0.2, 0) is 6.18 Å². The minimum atomic E-state index is -4.36. The largest absolute Gasteiger partial charge is 0.491 e. The van der Waals surface area contributed by atoms with Gasteiger partial charge in [-0.25, -0.2) is 0 Å². The van der Waals surface area contributed by atoms with Crippen molar-refractivity contribution in [2.24, 2.45) is 0 Å². The third kappa shape index (κ3) is 2.86. The van der Waals surface area contributed by atoms with E-state index in [1.807, 2.05) is 4.90 Å². The first-order chi connectivity index (χ1) is 11.9. The van der Waals surface area contributed by atoms with Crippen LogP contribution in [0.5, 0.6) is 5.75 Å². The highest BCUT2D eigenvalue weighted by Crippen LogP contribution is 2.34. The third-order valence-electron chi connectivity index (χ3n) is 4.82. The SMILES string of the molecule is O=C1c2cc(-c3ccc(C(F)(F)F)cc3)ccc2OC[C@H]2CCCN12. The fourth-order valence-corrected chi connectivity index (χ4v) is 3.47. The van der Waals surface area contributed by atoms with Crippen LogP contribution in [0.25, 0.3) is 11.1 Å². The highest BCUT2D eigenvalue weighted by Gasteiger charge is 2.34. The molecule has 2 aliphatic heterocycles. The lowest BCUT2D eigenvalue weighted by Gasteiger charge is -2.20. The lowest BCUT2D eigenvalue weighted by Crippen LogP contribution is -2.36. The van der Waals surface area contributed by atoms with Crippen LogP contribution < -0.4 is 4.74 Å². The number of alkyl halides is 3. The van der Waals surface area contributed by atoms with Gasteiger partial charge in [0, 0.05) is 6.54 Å². The van der Waals surface area contributed by atoms with Crippen molar-refractivity contribution in [2.75, 3.05) is 13.2 Å². The second-order valence-electron chi connectivity index (χ2n) is 6.39. The summed E-state index contributed by atoms with van der Waals surface area (Å²) in [6, 6.07) is 10.3. The summed E-state index contributed by atoms with van der Waals surface area (Å²) in [5, 5.41) is 0. The first-order valence-electron chi connectivity index (χ1n) is 8.19. The molecule has 2 aliphatic rings.